The van der Waals surface area contributed by atoms with Gasteiger partial charge in [-0.2, -0.15) is 0 Å². The minimum Gasteiger partial charge on any atom is -0.354 e. The van der Waals surface area contributed by atoms with Crippen molar-refractivity contribution in [1.82, 2.24) is 15.5 Å². The van der Waals surface area contributed by atoms with Gasteiger partial charge >= 0.3 is 0 Å². The predicted octanol–water partition coefficient (Wildman–Crippen LogP) is 3.75. The van der Waals surface area contributed by atoms with Crippen LogP contribution in [-0.4, -0.2) is 36.5 Å². The van der Waals surface area contributed by atoms with Gasteiger partial charge < -0.3 is 10.6 Å². The number of hydrogen-bond donors (Lipinski definition) is 2. The molecular weight excluding hydrogens is 411 g/mol. The van der Waals surface area contributed by atoms with E-state index >= 15 is 0 Å². The lowest BCUT2D eigenvalue weighted by Gasteiger charge is -2.33. The second-order valence-corrected chi connectivity index (χ2v) is 6.81. The van der Waals surface area contributed by atoms with Crippen molar-refractivity contribution in [2.75, 3.05) is 13.6 Å². The molecule has 0 radical (unpaired) electrons. The van der Waals surface area contributed by atoms with Gasteiger partial charge in [-0.25, -0.2) is 0 Å². The summed E-state index contributed by atoms with van der Waals surface area (Å²) in [5.74, 6) is 0.862. The zero-order chi connectivity index (χ0) is 16.7. The zero-order valence-electron chi connectivity index (χ0n) is 15.5. The van der Waals surface area contributed by atoms with Crippen molar-refractivity contribution in [3.63, 3.8) is 0 Å². The van der Waals surface area contributed by atoms with Crippen LogP contribution < -0.4 is 10.6 Å². The number of piperidine rings is 1. The molecular formula is C19H33IN4. The van der Waals surface area contributed by atoms with Crippen molar-refractivity contribution in [3.05, 3.63) is 35.4 Å². The Hall–Kier alpha value is -0.820. The van der Waals surface area contributed by atoms with Crippen molar-refractivity contribution < 1.29 is 0 Å². The van der Waals surface area contributed by atoms with Gasteiger partial charge in [0.05, 0.1) is 0 Å². The Balaban J connectivity index is 0.00000288. The second kappa shape index (κ2) is 10.9. The largest absolute Gasteiger partial charge is 0.354 e. The molecule has 1 aromatic carbocycles. The zero-order valence-corrected chi connectivity index (χ0v) is 17.8. The Bertz CT molecular complexity index is 516. The second-order valence-electron chi connectivity index (χ2n) is 6.81. The van der Waals surface area contributed by atoms with Crippen molar-refractivity contribution >= 4 is 29.9 Å². The number of halogens is 1. The number of rotatable bonds is 5. The standard InChI is InChI=1S/C19H32N4.HI/c1-15(2)22-19(20-4)21-13-17-10-5-6-11-18(17)14-23-12-8-7-9-16(23)3;/h5-6,10-11,15-16H,7-9,12-14H2,1-4H3,(H2,20,21,22);1H. The van der Waals surface area contributed by atoms with Gasteiger partial charge in [-0.05, 0) is 51.3 Å². The number of aliphatic imine (C=N–C) groups is 1. The summed E-state index contributed by atoms with van der Waals surface area (Å²) in [6.07, 6.45) is 4.03. The summed E-state index contributed by atoms with van der Waals surface area (Å²) < 4.78 is 0. The molecule has 1 unspecified atom stereocenters. The Morgan fingerprint density at radius 2 is 1.96 bits per heavy atom. The van der Waals surface area contributed by atoms with Crippen LogP contribution in [0.3, 0.4) is 0 Å². The molecule has 4 nitrogen and oxygen atoms in total. The third kappa shape index (κ3) is 6.59. The maximum atomic E-state index is 4.28. The molecule has 0 aliphatic carbocycles. The van der Waals surface area contributed by atoms with E-state index in [2.05, 4.69) is 65.6 Å². The van der Waals surface area contributed by atoms with E-state index in [1.165, 1.54) is 36.9 Å². The smallest absolute Gasteiger partial charge is 0.191 e. The molecule has 1 aliphatic rings. The maximum absolute atomic E-state index is 4.28. The molecule has 136 valence electrons. The molecule has 0 saturated carbocycles. The minimum absolute atomic E-state index is 0. The molecule has 0 spiro atoms. The third-order valence-corrected chi connectivity index (χ3v) is 4.53. The lowest BCUT2D eigenvalue weighted by atomic mass is 10.0. The molecule has 1 heterocycles. The van der Waals surface area contributed by atoms with Crippen LogP contribution in [0.25, 0.3) is 0 Å². The van der Waals surface area contributed by atoms with Gasteiger partial charge in [0.2, 0.25) is 0 Å². The number of benzene rings is 1. The molecule has 2 N–H and O–H groups in total. The maximum Gasteiger partial charge on any atom is 0.191 e. The van der Waals surface area contributed by atoms with E-state index in [0.29, 0.717) is 12.1 Å². The molecule has 1 fully saturated rings. The van der Waals surface area contributed by atoms with E-state index in [9.17, 15) is 0 Å². The van der Waals surface area contributed by atoms with Crippen LogP contribution in [0.15, 0.2) is 29.3 Å². The fourth-order valence-electron chi connectivity index (χ4n) is 3.14. The van der Waals surface area contributed by atoms with Crippen LogP contribution in [0.4, 0.5) is 0 Å². The van der Waals surface area contributed by atoms with Crippen LogP contribution in [-0.2, 0) is 13.1 Å². The van der Waals surface area contributed by atoms with Crippen molar-refractivity contribution in [3.8, 4) is 0 Å². The summed E-state index contributed by atoms with van der Waals surface area (Å²) in [6.45, 7) is 9.69. The van der Waals surface area contributed by atoms with E-state index in [1.807, 2.05) is 7.05 Å². The first-order valence-electron chi connectivity index (χ1n) is 8.88. The van der Waals surface area contributed by atoms with E-state index in [-0.39, 0.29) is 24.0 Å². The number of likely N-dealkylation sites (tertiary alicyclic amines) is 1. The van der Waals surface area contributed by atoms with E-state index < -0.39 is 0 Å². The molecule has 1 atom stereocenters. The first-order chi connectivity index (χ1) is 11.1. The summed E-state index contributed by atoms with van der Waals surface area (Å²) in [5, 5.41) is 6.76. The highest BCUT2D eigenvalue weighted by Gasteiger charge is 2.19. The Morgan fingerprint density at radius 1 is 1.25 bits per heavy atom. The molecule has 1 saturated heterocycles. The normalized spacial score (nSPS) is 19.0. The average molecular weight is 444 g/mol. The summed E-state index contributed by atoms with van der Waals surface area (Å²) in [6, 6.07) is 9.83. The number of nitrogens with zero attached hydrogens (tertiary/aromatic N) is 2. The lowest BCUT2D eigenvalue weighted by molar-refractivity contribution is 0.152. The number of guanidine groups is 1. The van der Waals surface area contributed by atoms with E-state index in [0.717, 1.165) is 19.0 Å². The first kappa shape index (κ1) is 21.2. The molecule has 2 rings (SSSR count). The average Bonchev–Trinajstić information content (AvgIpc) is 2.54. The van der Waals surface area contributed by atoms with Crippen LogP contribution in [0.5, 0.6) is 0 Å². The van der Waals surface area contributed by atoms with Crippen LogP contribution >= 0.6 is 24.0 Å². The van der Waals surface area contributed by atoms with Crippen LogP contribution in [0.2, 0.25) is 0 Å². The van der Waals surface area contributed by atoms with Crippen LogP contribution in [0, 0.1) is 0 Å². The lowest BCUT2D eigenvalue weighted by Crippen LogP contribution is -2.41. The predicted molar refractivity (Wildman–Crippen MR) is 114 cm³/mol. The summed E-state index contributed by atoms with van der Waals surface area (Å²) in [7, 11) is 1.82. The minimum atomic E-state index is 0. The van der Waals surface area contributed by atoms with Gasteiger partial charge in [-0.1, -0.05) is 30.7 Å². The highest BCUT2D eigenvalue weighted by atomic mass is 127. The molecule has 1 aromatic rings. The van der Waals surface area contributed by atoms with Gasteiger partial charge in [0.1, 0.15) is 0 Å². The monoisotopic (exact) mass is 444 g/mol. The van der Waals surface area contributed by atoms with Gasteiger partial charge in [-0.15, -0.1) is 24.0 Å². The summed E-state index contributed by atoms with van der Waals surface area (Å²) in [4.78, 5) is 6.90. The number of hydrogen-bond acceptors (Lipinski definition) is 2. The van der Waals surface area contributed by atoms with Crippen molar-refractivity contribution in [2.24, 2.45) is 4.99 Å². The van der Waals surface area contributed by atoms with Gasteiger partial charge in [0, 0.05) is 32.2 Å². The molecule has 1 aliphatic heterocycles. The van der Waals surface area contributed by atoms with Crippen LogP contribution in [0.1, 0.15) is 51.2 Å². The molecule has 0 aromatic heterocycles. The van der Waals surface area contributed by atoms with Crippen molar-refractivity contribution in [1.29, 1.82) is 0 Å². The van der Waals surface area contributed by atoms with Gasteiger partial charge in [0.15, 0.2) is 5.96 Å². The topological polar surface area (TPSA) is 39.7 Å². The van der Waals surface area contributed by atoms with Gasteiger partial charge in [0.25, 0.3) is 0 Å². The van der Waals surface area contributed by atoms with E-state index in [4.69, 9.17) is 0 Å². The molecule has 24 heavy (non-hydrogen) atoms. The van der Waals surface area contributed by atoms with Crippen molar-refractivity contribution in [2.45, 2.75) is 65.2 Å². The van der Waals surface area contributed by atoms with Gasteiger partial charge in [-0.3, -0.25) is 9.89 Å². The quantitative estimate of drug-likeness (QED) is 0.413. The highest BCUT2D eigenvalue weighted by Crippen LogP contribution is 2.20. The first-order valence-corrected chi connectivity index (χ1v) is 8.88. The fraction of sp³-hybridized carbons (Fsp3) is 0.632. The summed E-state index contributed by atoms with van der Waals surface area (Å²) >= 11 is 0. The summed E-state index contributed by atoms with van der Waals surface area (Å²) in [5.41, 5.74) is 2.78. The number of nitrogens with one attached hydrogen (secondary N) is 2. The molecule has 0 amide bonds. The third-order valence-electron chi connectivity index (χ3n) is 4.53. The Morgan fingerprint density at radius 3 is 2.58 bits per heavy atom. The Kier molecular flexibility index (Phi) is 9.66. The highest BCUT2D eigenvalue weighted by molar-refractivity contribution is 14.0. The SMILES string of the molecule is CN=C(NCc1ccccc1CN1CCCCC1C)NC(C)C.I. The molecule has 5 heteroatoms. The Labute approximate surface area is 164 Å². The fourth-order valence-corrected chi connectivity index (χ4v) is 3.14. The van der Waals surface area contributed by atoms with E-state index in [1.54, 1.807) is 0 Å². The molecule has 0 bridgehead atoms.